The van der Waals surface area contributed by atoms with Gasteiger partial charge in [0.25, 0.3) is 0 Å². The van der Waals surface area contributed by atoms with Gasteiger partial charge >= 0.3 is 0 Å². The SMILES string of the molecule is CCCN(CCO)C(=O)CN1CSCC1=O. The Morgan fingerprint density at radius 2 is 2.31 bits per heavy atom. The van der Waals surface area contributed by atoms with Crippen molar-refractivity contribution in [1.82, 2.24) is 9.80 Å². The minimum Gasteiger partial charge on any atom is -0.395 e. The van der Waals surface area contributed by atoms with Gasteiger partial charge in [0.2, 0.25) is 11.8 Å². The fourth-order valence-electron chi connectivity index (χ4n) is 1.56. The van der Waals surface area contributed by atoms with Crippen molar-refractivity contribution in [3.63, 3.8) is 0 Å². The third-order valence-corrected chi connectivity index (χ3v) is 3.31. The number of rotatable bonds is 6. The Kier molecular flexibility index (Phi) is 5.62. The van der Waals surface area contributed by atoms with Crippen LogP contribution in [-0.2, 0) is 9.59 Å². The van der Waals surface area contributed by atoms with Crippen molar-refractivity contribution in [3.8, 4) is 0 Å². The number of thioether (sulfide) groups is 1. The molecule has 5 nitrogen and oxygen atoms in total. The molecule has 16 heavy (non-hydrogen) atoms. The minimum atomic E-state index is -0.0771. The highest BCUT2D eigenvalue weighted by Gasteiger charge is 2.24. The first-order chi connectivity index (χ1) is 7.69. The molecule has 0 aliphatic carbocycles. The summed E-state index contributed by atoms with van der Waals surface area (Å²) in [6, 6.07) is 0. The van der Waals surface area contributed by atoms with Crippen LogP contribution in [0.5, 0.6) is 0 Å². The first-order valence-electron chi connectivity index (χ1n) is 5.43. The highest BCUT2D eigenvalue weighted by Crippen LogP contribution is 2.14. The van der Waals surface area contributed by atoms with Crippen molar-refractivity contribution in [2.45, 2.75) is 13.3 Å². The van der Waals surface area contributed by atoms with Gasteiger partial charge in [0.1, 0.15) is 6.54 Å². The Balaban J connectivity index is 2.44. The fraction of sp³-hybridized carbons (Fsp3) is 0.800. The van der Waals surface area contributed by atoms with Crippen LogP contribution in [0.2, 0.25) is 0 Å². The van der Waals surface area contributed by atoms with E-state index in [1.165, 1.54) is 11.8 Å². The summed E-state index contributed by atoms with van der Waals surface area (Å²) >= 11 is 1.53. The Labute approximate surface area is 99.8 Å². The maximum atomic E-state index is 11.8. The van der Waals surface area contributed by atoms with Crippen LogP contribution >= 0.6 is 11.8 Å². The van der Waals surface area contributed by atoms with Crippen molar-refractivity contribution in [2.24, 2.45) is 0 Å². The van der Waals surface area contributed by atoms with Crippen LogP contribution in [0.3, 0.4) is 0 Å². The third-order valence-electron chi connectivity index (χ3n) is 2.37. The lowest BCUT2D eigenvalue weighted by Gasteiger charge is -2.23. The summed E-state index contributed by atoms with van der Waals surface area (Å²) in [4.78, 5) is 26.3. The molecule has 1 aliphatic heterocycles. The van der Waals surface area contributed by atoms with Gasteiger partial charge in [-0.25, -0.2) is 0 Å². The number of hydrogen-bond acceptors (Lipinski definition) is 4. The lowest BCUT2D eigenvalue weighted by molar-refractivity contribution is -0.138. The fourth-order valence-corrected chi connectivity index (χ4v) is 2.46. The van der Waals surface area contributed by atoms with Crippen LogP contribution < -0.4 is 0 Å². The summed E-state index contributed by atoms with van der Waals surface area (Å²) < 4.78 is 0. The van der Waals surface area contributed by atoms with Gasteiger partial charge in [-0.1, -0.05) is 6.92 Å². The van der Waals surface area contributed by atoms with Gasteiger partial charge in [0.15, 0.2) is 0 Å². The third kappa shape index (κ3) is 3.68. The summed E-state index contributed by atoms with van der Waals surface area (Å²) in [5.41, 5.74) is 0. The lowest BCUT2D eigenvalue weighted by atomic mass is 10.3. The number of nitrogens with zero attached hydrogens (tertiary/aromatic N) is 2. The lowest BCUT2D eigenvalue weighted by Crippen LogP contribution is -2.42. The predicted octanol–water partition coefficient (Wildman–Crippen LogP) is -0.250. The molecule has 6 heteroatoms. The van der Waals surface area contributed by atoms with E-state index in [0.29, 0.717) is 24.7 Å². The average Bonchev–Trinajstić information content (AvgIpc) is 2.64. The predicted molar refractivity (Wildman–Crippen MR) is 63.0 cm³/mol. The molecule has 1 rings (SSSR count). The molecule has 0 radical (unpaired) electrons. The Bertz CT molecular complexity index is 254. The monoisotopic (exact) mass is 246 g/mol. The molecule has 0 saturated carbocycles. The molecular formula is C10H18N2O3S. The van der Waals surface area contributed by atoms with Crippen molar-refractivity contribution >= 4 is 23.6 Å². The summed E-state index contributed by atoms with van der Waals surface area (Å²) in [6.45, 7) is 3.07. The van der Waals surface area contributed by atoms with E-state index in [-0.39, 0.29) is 25.0 Å². The van der Waals surface area contributed by atoms with Crippen LogP contribution in [0.15, 0.2) is 0 Å². The smallest absolute Gasteiger partial charge is 0.242 e. The molecule has 1 heterocycles. The Hall–Kier alpha value is -0.750. The van der Waals surface area contributed by atoms with E-state index in [9.17, 15) is 9.59 Å². The molecule has 1 N–H and O–H groups in total. The number of hydrogen-bond donors (Lipinski definition) is 1. The van der Waals surface area contributed by atoms with Gasteiger partial charge in [0.05, 0.1) is 18.2 Å². The number of carbonyl (C=O) groups excluding carboxylic acids is 2. The molecule has 0 spiro atoms. The largest absolute Gasteiger partial charge is 0.395 e. The molecule has 92 valence electrons. The summed E-state index contributed by atoms with van der Waals surface area (Å²) in [5, 5.41) is 8.85. The molecule has 1 aliphatic rings. The van der Waals surface area contributed by atoms with Crippen LogP contribution in [-0.4, -0.2) is 64.6 Å². The van der Waals surface area contributed by atoms with Gasteiger partial charge in [0, 0.05) is 13.1 Å². The van der Waals surface area contributed by atoms with Crippen molar-refractivity contribution in [2.75, 3.05) is 37.9 Å². The van der Waals surface area contributed by atoms with Crippen LogP contribution in [0.4, 0.5) is 0 Å². The average molecular weight is 246 g/mol. The molecule has 1 saturated heterocycles. The first-order valence-corrected chi connectivity index (χ1v) is 6.58. The number of carbonyl (C=O) groups is 2. The Morgan fingerprint density at radius 3 is 2.81 bits per heavy atom. The maximum Gasteiger partial charge on any atom is 0.242 e. The van der Waals surface area contributed by atoms with E-state index >= 15 is 0 Å². The van der Waals surface area contributed by atoms with Gasteiger partial charge in [-0.15, -0.1) is 11.8 Å². The van der Waals surface area contributed by atoms with E-state index in [4.69, 9.17) is 5.11 Å². The standard InChI is InChI=1S/C10H18N2O3S/c1-2-3-11(4-5-13)9(14)6-12-8-16-7-10(12)15/h13H,2-8H2,1H3. The molecule has 0 aromatic rings. The maximum absolute atomic E-state index is 11.8. The number of amides is 2. The zero-order chi connectivity index (χ0) is 12.0. The topological polar surface area (TPSA) is 60.9 Å². The normalized spacial score (nSPS) is 15.6. The summed E-state index contributed by atoms with van der Waals surface area (Å²) in [7, 11) is 0. The van der Waals surface area contributed by atoms with E-state index in [2.05, 4.69) is 0 Å². The van der Waals surface area contributed by atoms with Crippen molar-refractivity contribution < 1.29 is 14.7 Å². The van der Waals surface area contributed by atoms with Crippen LogP contribution in [0.1, 0.15) is 13.3 Å². The first kappa shape index (κ1) is 13.3. The van der Waals surface area contributed by atoms with Crippen molar-refractivity contribution in [3.05, 3.63) is 0 Å². The van der Waals surface area contributed by atoms with Crippen LogP contribution in [0, 0.1) is 0 Å². The zero-order valence-corrected chi connectivity index (χ0v) is 10.3. The number of aliphatic hydroxyl groups excluding tert-OH is 1. The van der Waals surface area contributed by atoms with E-state index in [0.717, 1.165) is 6.42 Å². The van der Waals surface area contributed by atoms with Gasteiger partial charge < -0.3 is 14.9 Å². The minimum absolute atomic E-state index is 0.0267. The Morgan fingerprint density at radius 1 is 1.56 bits per heavy atom. The second-order valence-electron chi connectivity index (χ2n) is 3.67. The highest BCUT2D eigenvalue weighted by molar-refractivity contribution is 8.00. The van der Waals surface area contributed by atoms with E-state index in [1.54, 1.807) is 9.80 Å². The van der Waals surface area contributed by atoms with Crippen molar-refractivity contribution in [1.29, 1.82) is 0 Å². The summed E-state index contributed by atoms with van der Waals surface area (Å²) in [5.74, 6) is 1.02. The molecule has 0 aromatic carbocycles. The van der Waals surface area contributed by atoms with E-state index < -0.39 is 0 Å². The quantitative estimate of drug-likeness (QED) is 0.702. The highest BCUT2D eigenvalue weighted by atomic mass is 32.2. The number of aliphatic hydroxyl groups is 1. The second-order valence-corrected chi connectivity index (χ2v) is 4.63. The second kappa shape index (κ2) is 6.75. The molecule has 0 atom stereocenters. The van der Waals surface area contributed by atoms with Gasteiger partial charge in [-0.2, -0.15) is 0 Å². The molecule has 2 amide bonds. The van der Waals surface area contributed by atoms with E-state index in [1.807, 2.05) is 6.92 Å². The molecule has 1 fully saturated rings. The molecule has 0 bridgehead atoms. The van der Waals surface area contributed by atoms with Gasteiger partial charge in [-0.3, -0.25) is 9.59 Å². The molecule has 0 unspecified atom stereocenters. The summed E-state index contributed by atoms with van der Waals surface area (Å²) in [6.07, 6.45) is 0.856. The van der Waals surface area contributed by atoms with Crippen LogP contribution in [0.25, 0.3) is 0 Å². The zero-order valence-electron chi connectivity index (χ0n) is 9.52. The molecule has 0 aromatic heterocycles. The van der Waals surface area contributed by atoms with Gasteiger partial charge in [-0.05, 0) is 6.42 Å². The molecular weight excluding hydrogens is 228 g/mol.